The number of nitrogens with two attached hydrogens (primary N) is 2. The number of hydrogen-bond donors (Lipinski definition) is 7. The average Bonchev–Trinajstić information content (AvgIpc) is 2.53. The highest BCUT2D eigenvalue weighted by Crippen LogP contribution is 2.03. The molecular formula is C14H22N4O9. The second kappa shape index (κ2) is 11.4. The van der Waals surface area contributed by atoms with Gasteiger partial charge in [-0.15, -0.1) is 0 Å². The molecule has 0 aliphatic heterocycles. The Kier molecular flexibility index (Phi) is 10.0. The van der Waals surface area contributed by atoms with Gasteiger partial charge in [-0.05, 0) is 12.8 Å². The van der Waals surface area contributed by atoms with Crippen molar-refractivity contribution < 1.29 is 44.1 Å². The molecule has 13 heteroatoms. The van der Waals surface area contributed by atoms with E-state index in [1.165, 1.54) is 0 Å². The fourth-order valence-electron chi connectivity index (χ4n) is 1.91. The van der Waals surface area contributed by atoms with Gasteiger partial charge in [0, 0.05) is 12.8 Å². The highest BCUT2D eigenvalue weighted by molar-refractivity contribution is 5.93. The van der Waals surface area contributed by atoms with Crippen molar-refractivity contribution in [3.63, 3.8) is 0 Å². The van der Waals surface area contributed by atoms with Crippen LogP contribution in [0.25, 0.3) is 0 Å². The number of carboxylic acid groups (broad SMARTS) is 3. The number of carboxylic acids is 3. The van der Waals surface area contributed by atoms with E-state index in [9.17, 15) is 28.8 Å². The third-order valence-electron chi connectivity index (χ3n) is 3.31. The predicted octanol–water partition coefficient (Wildman–Crippen LogP) is -3.03. The van der Waals surface area contributed by atoms with Crippen molar-refractivity contribution in [3.05, 3.63) is 0 Å². The van der Waals surface area contributed by atoms with Gasteiger partial charge in [-0.25, -0.2) is 4.79 Å². The lowest BCUT2D eigenvalue weighted by Gasteiger charge is -2.22. The van der Waals surface area contributed by atoms with Gasteiger partial charge in [0.1, 0.15) is 12.1 Å². The molecule has 152 valence electrons. The van der Waals surface area contributed by atoms with Crippen LogP contribution in [-0.4, -0.2) is 69.1 Å². The zero-order valence-corrected chi connectivity index (χ0v) is 14.2. The number of aliphatic carboxylic acids is 3. The molecule has 9 N–H and O–H groups in total. The first-order valence-corrected chi connectivity index (χ1v) is 7.75. The maximum atomic E-state index is 12.2. The van der Waals surface area contributed by atoms with E-state index >= 15 is 0 Å². The fourth-order valence-corrected chi connectivity index (χ4v) is 1.91. The first-order chi connectivity index (χ1) is 12.4. The van der Waals surface area contributed by atoms with Crippen LogP contribution >= 0.6 is 0 Å². The smallest absolute Gasteiger partial charge is 0.326 e. The van der Waals surface area contributed by atoms with Gasteiger partial charge >= 0.3 is 17.9 Å². The van der Waals surface area contributed by atoms with Gasteiger partial charge in [0.25, 0.3) is 0 Å². The van der Waals surface area contributed by atoms with Gasteiger partial charge in [-0.2, -0.15) is 0 Å². The molecule has 0 saturated carbocycles. The third kappa shape index (κ3) is 10.4. The molecule has 3 amide bonds. The minimum Gasteiger partial charge on any atom is -0.481 e. The highest BCUT2D eigenvalue weighted by Gasteiger charge is 2.29. The number of carbonyl (C=O) groups is 6. The normalized spacial score (nSPS) is 13.7. The van der Waals surface area contributed by atoms with Crippen molar-refractivity contribution in [2.75, 3.05) is 0 Å². The van der Waals surface area contributed by atoms with Crippen LogP contribution in [0.5, 0.6) is 0 Å². The third-order valence-corrected chi connectivity index (χ3v) is 3.31. The van der Waals surface area contributed by atoms with E-state index in [2.05, 4.69) is 10.6 Å². The predicted molar refractivity (Wildman–Crippen MR) is 87.0 cm³/mol. The average molecular weight is 390 g/mol. The van der Waals surface area contributed by atoms with Gasteiger partial charge in [0.15, 0.2) is 0 Å². The second-order valence-corrected chi connectivity index (χ2v) is 5.60. The van der Waals surface area contributed by atoms with Gasteiger partial charge in [-0.1, -0.05) is 0 Å². The molecule has 0 aromatic rings. The van der Waals surface area contributed by atoms with E-state index in [1.807, 2.05) is 0 Å². The molecule has 0 aliphatic carbocycles. The molecule has 0 unspecified atom stereocenters. The number of rotatable bonds is 13. The van der Waals surface area contributed by atoms with E-state index in [0.29, 0.717) is 0 Å². The fraction of sp³-hybridized carbons (Fsp3) is 0.571. The van der Waals surface area contributed by atoms with Crippen LogP contribution in [0.1, 0.15) is 32.1 Å². The van der Waals surface area contributed by atoms with Crippen molar-refractivity contribution in [2.45, 2.75) is 50.2 Å². The topological polar surface area (TPSA) is 239 Å². The molecule has 0 radical (unpaired) electrons. The summed E-state index contributed by atoms with van der Waals surface area (Å²) in [5.74, 6) is -6.92. The van der Waals surface area contributed by atoms with Crippen molar-refractivity contribution in [2.24, 2.45) is 11.5 Å². The van der Waals surface area contributed by atoms with Gasteiger partial charge in [0.05, 0.1) is 12.5 Å². The minimum absolute atomic E-state index is 0.294. The standard InChI is InChI=1S/C14H22N4O9/c15-6(5-11(22)23)12(24)17-7(1-3-9(16)19)13(25)18-8(14(26)27)2-4-10(20)21/h6-8H,1-5,15H2,(H2,16,19)(H,17,24)(H,18,25)(H,20,21)(H,22,23)(H,26,27)/t6-,7-,8-/m0/s1. The Morgan fingerprint density at radius 2 is 1.30 bits per heavy atom. The number of hydrogen-bond acceptors (Lipinski definition) is 7. The number of primary amides is 1. The summed E-state index contributed by atoms with van der Waals surface area (Å²) in [7, 11) is 0. The number of nitrogens with one attached hydrogen (secondary N) is 2. The first-order valence-electron chi connectivity index (χ1n) is 7.75. The van der Waals surface area contributed by atoms with E-state index in [4.69, 9.17) is 26.8 Å². The summed E-state index contributed by atoms with van der Waals surface area (Å²) in [4.78, 5) is 67.3. The number of amides is 3. The van der Waals surface area contributed by atoms with Gasteiger partial charge < -0.3 is 37.4 Å². The maximum absolute atomic E-state index is 12.2. The SMILES string of the molecule is NC(=O)CC[C@H](NC(=O)[C@@H](N)CC(=O)O)C(=O)N[C@@H](CCC(=O)O)C(=O)O. The lowest BCUT2D eigenvalue weighted by Crippen LogP contribution is -2.54. The Hall–Kier alpha value is -3.22. The summed E-state index contributed by atoms with van der Waals surface area (Å²) in [6.07, 6.45) is -2.28. The van der Waals surface area contributed by atoms with Crippen LogP contribution in [0.4, 0.5) is 0 Å². The maximum Gasteiger partial charge on any atom is 0.326 e. The number of carbonyl (C=O) groups excluding carboxylic acids is 3. The molecule has 27 heavy (non-hydrogen) atoms. The Morgan fingerprint density at radius 1 is 0.778 bits per heavy atom. The van der Waals surface area contributed by atoms with Crippen LogP contribution in [0, 0.1) is 0 Å². The molecule has 3 atom stereocenters. The molecule has 13 nitrogen and oxygen atoms in total. The summed E-state index contributed by atoms with van der Waals surface area (Å²) < 4.78 is 0. The summed E-state index contributed by atoms with van der Waals surface area (Å²) in [5, 5.41) is 30.5. The summed E-state index contributed by atoms with van der Waals surface area (Å²) in [6.45, 7) is 0. The van der Waals surface area contributed by atoms with E-state index in [0.717, 1.165) is 0 Å². The van der Waals surface area contributed by atoms with Crippen LogP contribution in [0.15, 0.2) is 0 Å². The molecular weight excluding hydrogens is 368 g/mol. The molecule has 0 aromatic heterocycles. The van der Waals surface area contributed by atoms with Crippen molar-refractivity contribution >= 4 is 35.6 Å². The lowest BCUT2D eigenvalue weighted by molar-refractivity contribution is -0.144. The van der Waals surface area contributed by atoms with Crippen molar-refractivity contribution in [1.29, 1.82) is 0 Å². The molecule has 0 saturated heterocycles. The van der Waals surface area contributed by atoms with E-state index in [-0.39, 0.29) is 12.8 Å². The van der Waals surface area contributed by atoms with Crippen LogP contribution in [-0.2, 0) is 28.8 Å². The van der Waals surface area contributed by atoms with Crippen LogP contribution in [0.3, 0.4) is 0 Å². The largest absolute Gasteiger partial charge is 0.481 e. The Bertz CT molecular complexity index is 607. The van der Waals surface area contributed by atoms with Crippen LogP contribution in [0.2, 0.25) is 0 Å². The first kappa shape index (κ1) is 23.8. The van der Waals surface area contributed by atoms with E-state index in [1.54, 1.807) is 0 Å². The molecule has 0 bridgehead atoms. The molecule has 0 aromatic carbocycles. The second-order valence-electron chi connectivity index (χ2n) is 5.60. The van der Waals surface area contributed by atoms with Gasteiger partial charge in [0.2, 0.25) is 17.7 Å². The van der Waals surface area contributed by atoms with Crippen LogP contribution < -0.4 is 22.1 Å². The van der Waals surface area contributed by atoms with Crippen molar-refractivity contribution in [1.82, 2.24) is 10.6 Å². The zero-order chi connectivity index (χ0) is 21.1. The summed E-state index contributed by atoms with van der Waals surface area (Å²) in [5.41, 5.74) is 10.4. The Labute approximate surface area is 153 Å². The molecule has 0 rings (SSSR count). The lowest BCUT2D eigenvalue weighted by atomic mass is 10.1. The minimum atomic E-state index is -1.55. The van der Waals surface area contributed by atoms with E-state index < -0.39 is 73.0 Å². The van der Waals surface area contributed by atoms with Gasteiger partial charge in [-0.3, -0.25) is 24.0 Å². The molecule has 0 aliphatic rings. The Morgan fingerprint density at radius 3 is 1.74 bits per heavy atom. The van der Waals surface area contributed by atoms with Crippen molar-refractivity contribution in [3.8, 4) is 0 Å². The molecule has 0 heterocycles. The molecule has 0 spiro atoms. The summed E-state index contributed by atoms with van der Waals surface area (Å²) >= 11 is 0. The monoisotopic (exact) mass is 390 g/mol. The quantitative estimate of drug-likeness (QED) is 0.168. The zero-order valence-electron chi connectivity index (χ0n) is 14.2. The Balaban J connectivity index is 5.12. The molecule has 0 fully saturated rings. The highest BCUT2D eigenvalue weighted by atomic mass is 16.4. The summed E-state index contributed by atoms with van der Waals surface area (Å²) in [6, 6.07) is -4.44.